The van der Waals surface area contributed by atoms with Gasteiger partial charge in [0.2, 0.25) is 5.91 Å². The second-order valence-corrected chi connectivity index (χ2v) is 8.39. The highest BCUT2D eigenvalue weighted by Crippen LogP contribution is 2.23. The molecule has 0 unspecified atom stereocenters. The van der Waals surface area contributed by atoms with Crippen LogP contribution in [0.2, 0.25) is 0 Å². The first-order chi connectivity index (χ1) is 10.6. The Morgan fingerprint density at radius 3 is 2.30 bits per heavy atom. The molecule has 7 heteroatoms. The third kappa shape index (κ3) is 4.41. The van der Waals surface area contributed by atoms with Gasteiger partial charge in [0, 0.05) is 6.07 Å². The van der Waals surface area contributed by atoms with Gasteiger partial charge in [-0.1, -0.05) is 38.1 Å². The van der Waals surface area contributed by atoms with Gasteiger partial charge < -0.3 is 9.84 Å². The molecule has 2 rings (SSSR count). The van der Waals surface area contributed by atoms with Crippen molar-refractivity contribution in [2.75, 3.05) is 11.1 Å². The molecule has 1 heterocycles. The number of hydrogen-bond donors (Lipinski definition) is 1. The average molecular weight is 336 g/mol. The van der Waals surface area contributed by atoms with Gasteiger partial charge in [0.1, 0.15) is 11.5 Å². The summed E-state index contributed by atoms with van der Waals surface area (Å²) in [5, 5.41) is 6.00. The highest BCUT2D eigenvalue weighted by molar-refractivity contribution is 7.92. The van der Waals surface area contributed by atoms with E-state index < -0.39 is 21.5 Å². The van der Waals surface area contributed by atoms with Crippen LogP contribution in [-0.2, 0) is 20.0 Å². The molecule has 0 aliphatic carbocycles. The van der Waals surface area contributed by atoms with E-state index in [4.69, 9.17) is 4.52 Å². The highest BCUT2D eigenvalue weighted by atomic mass is 32.2. The largest absolute Gasteiger partial charge is 0.360 e. The van der Waals surface area contributed by atoms with Crippen molar-refractivity contribution < 1.29 is 17.7 Å². The lowest BCUT2D eigenvalue weighted by molar-refractivity contribution is -0.113. The molecule has 1 aromatic carbocycles. The molecule has 1 aromatic heterocycles. The molecule has 0 saturated carbocycles. The minimum Gasteiger partial charge on any atom is -0.360 e. The van der Waals surface area contributed by atoms with Crippen LogP contribution in [-0.4, -0.2) is 25.2 Å². The zero-order valence-corrected chi connectivity index (χ0v) is 14.4. The first kappa shape index (κ1) is 17.2. The van der Waals surface area contributed by atoms with Gasteiger partial charge in [-0.3, -0.25) is 4.79 Å². The van der Waals surface area contributed by atoms with E-state index >= 15 is 0 Å². The van der Waals surface area contributed by atoms with Gasteiger partial charge in [0.15, 0.2) is 15.7 Å². The number of sulfone groups is 1. The Hall–Kier alpha value is -2.15. The summed E-state index contributed by atoms with van der Waals surface area (Å²) in [4.78, 5) is 12.0. The number of rotatable bonds is 4. The number of nitrogens with one attached hydrogen (secondary N) is 1. The van der Waals surface area contributed by atoms with Crippen LogP contribution >= 0.6 is 0 Å². The van der Waals surface area contributed by atoms with E-state index in [1.165, 1.54) is 18.2 Å². The molecule has 0 fully saturated rings. The van der Waals surface area contributed by atoms with Crippen LogP contribution in [0, 0.1) is 6.92 Å². The van der Waals surface area contributed by atoms with Gasteiger partial charge in [-0.25, -0.2) is 8.42 Å². The SMILES string of the molecule is Cc1cc(NC(=O)CS(=O)(=O)c2ccc(C(C)(C)C)cc2)no1. The summed E-state index contributed by atoms with van der Waals surface area (Å²) in [6.45, 7) is 7.81. The van der Waals surface area contributed by atoms with E-state index in [2.05, 4.69) is 10.5 Å². The van der Waals surface area contributed by atoms with Gasteiger partial charge in [0.05, 0.1) is 4.90 Å². The topological polar surface area (TPSA) is 89.3 Å². The van der Waals surface area contributed by atoms with Gasteiger partial charge in [-0.05, 0) is 30.0 Å². The molecule has 0 spiro atoms. The molecule has 0 aliphatic heterocycles. The van der Waals surface area contributed by atoms with Crippen LogP contribution < -0.4 is 5.32 Å². The maximum absolute atomic E-state index is 12.3. The fourth-order valence-electron chi connectivity index (χ4n) is 2.02. The number of aryl methyl sites for hydroxylation is 1. The smallest absolute Gasteiger partial charge is 0.241 e. The first-order valence-electron chi connectivity index (χ1n) is 7.14. The maximum atomic E-state index is 12.3. The van der Waals surface area contributed by atoms with Crippen LogP contribution in [0.15, 0.2) is 39.8 Å². The third-order valence-electron chi connectivity index (χ3n) is 3.30. The fraction of sp³-hybridized carbons (Fsp3) is 0.375. The number of anilines is 1. The quantitative estimate of drug-likeness (QED) is 0.927. The van der Waals surface area contributed by atoms with Gasteiger partial charge >= 0.3 is 0 Å². The van der Waals surface area contributed by atoms with Crippen LogP contribution in [0.5, 0.6) is 0 Å². The Kier molecular flexibility index (Phi) is 4.61. The standard InChI is InChI=1S/C16H20N2O4S/c1-11-9-14(18-22-11)17-15(19)10-23(20,21)13-7-5-12(6-8-13)16(2,3)4/h5-9H,10H2,1-4H3,(H,17,18,19). The zero-order valence-electron chi connectivity index (χ0n) is 13.6. The van der Waals surface area contributed by atoms with Crippen LogP contribution in [0.25, 0.3) is 0 Å². The summed E-state index contributed by atoms with van der Waals surface area (Å²) in [6.07, 6.45) is 0. The molecule has 124 valence electrons. The van der Waals surface area contributed by atoms with E-state index in [0.717, 1.165) is 5.56 Å². The number of amides is 1. The Balaban J connectivity index is 2.10. The van der Waals surface area contributed by atoms with Crippen molar-refractivity contribution in [1.82, 2.24) is 5.16 Å². The predicted molar refractivity (Wildman–Crippen MR) is 87.1 cm³/mol. The molecule has 1 N–H and O–H groups in total. The lowest BCUT2D eigenvalue weighted by Crippen LogP contribution is -2.23. The minimum atomic E-state index is -3.71. The number of benzene rings is 1. The third-order valence-corrected chi connectivity index (χ3v) is 4.93. The molecule has 23 heavy (non-hydrogen) atoms. The number of nitrogens with zero attached hydrogens (tertiary/aromatic N) is 1. The molecular formula is C16H20N2O4S. The van der Waals surface area contributed by atoms with Crippen LogP contribution in [0.3, 0.4) is 0 Å². The zero-order chi connectivity index (χ0) is 17.3. The maximum Gasteiger partial charge on any atom is 0.241 e. The number of hydrogen-bond acceptors (Lipinski definition) is 5. The lowest BCUT2D eigenvalue weighted by Gasteiger charge is -2.19. The van der Waals surface area contributed by atoms with E-state index in [0.29, 0.717) is 5.76 Å². The highest BCUT2D eigenvalue weighted by Gasteiger charge is 2.21. The van der Waals surface area contributed by atoms with E-state index in [1.54, 1.807) is 19.1 Å². The average Bonchev–Trinajstić information content (AvgIpc) is 2.82. The summed E-state index contributed by atoms with van der Waals surface area (Å²) in [7, 11) is -3.71. The van der Waals surface area contributed by atoms with Crippen molar-refractivity contribution in [3.05, 3.63) is 41.7 Å². The molecular weight excluding hydrogens is 316 g/mol. The van der Waals surface area contributed by atoms with Crippen molar-refractivity contribution in [3.8, 4) is 0 Å². The molecule has 2 aromatic rings. The second kappa shape index (κ2) is 6.16. The minimum absolute atomic E-state index is 0.0650. The summed E-state index contributed by atoms with van der Waals surface area (Å²) in [6, 6.07) is 8.12. The van der Waals surface area contributed by atoms with Gasteiger partial charge in [0.25, 0.3) is 0 Å². The summed E-state index contributed by atoms with van der Waals surface area (Å²) in [5.41, 5.74) is 0.962. The van der Waals surface area contributed by atoms with Crippen molar-refractivity contribution in [1.29, 1.82) is 0 Å². The summed E-state index contributed by atoms with van der Waals surface area (Å²) in [5.74, 6) is -0.571. The Morgan fingerprint density at radius 1 is 1.22 bits per heavy atom. The molecule has 0 saturated heterocycles. The fourth-order valence-corrected chi connectivity index (χ4v) is 3.16. The number of carbonyl (C=O) groups is 1. The molecule has 0 aliphatic rings. The normalized spacial score (nSPS) is 12.2. The molecule has 1 amide bonds. The van der Waals surface area contributed by atoms with E-state index in [9.17, 15) is 13.2 Å². The van der Waals surface area contributed by atoms with Crippen LogP contribution in [0.1, 0.15) is 32.1 Å². The van der Waals surface area contributed by atoms with E-state index in [1.807, 2.05) is 20.8 Å². The molecule has 0 atom stereocenters. The van der Waals surface area contributed by atoms with Crippen molar-refractivity contribution in [3.63, 3.8) is 0 Å². The van der Waals surface area contributed by atoms with Gasteiger partial charge in [-0.15, -0.1) is 0 Å². The Morgan fingerprint density at radius 2 is 1.83 bits per heavy atom. The predicted octanol–water partition coefficient (Wildman–Crippen LogP) is 2.69. The van der Waals surface area contributed by atoms with Gasteiger partial charge in [-0.2, -0.15) is 0 Å². The lowest BCUT2D eigenvalue weighted by atomic mass is 9.87. The summed E-state index contributed by atoms with van der Waals surface area (Å²) < 4.78 is 29.4. The molecule has 0 bridgehead atoms. The monoisotopic (exact) mass is 336 g/mol. The molecule has 6 nitrogen and oxygen atoms in total. The van der Waals surface area contributed by atoms with Crippen LogP contribution in [0.4, 0.5) is 5.82 Å². The van der Waals surface area contributed by atoms with E-state index in [-0.39, 0.29) is 16.1 Å². The number of carbonyl (C=O) groups excluding carboxylic acids is 1. The summed E-state index contributed by atoms with van der Waals surface area (Å²) >= 11 is 0. The second-order valence-electron chi connectivity index (χ2n) is 6.40. The molecule has 0 radical (unpaired) electrons. The Labute approximate surface area is 135 Å². The van der Waals surface area contributed by atoms with Crippen molar-refractivity contribution >= 4 is 21.6 Å². The van der Waals surface area contributed by atoms with Crippen molar-refractivity contribution in [2.24, 2.45) is 0 Å². The van der Waals surface area contributed by atoms with Crippen molar-refractivity contribution in [2.45, 2.75) is 38.0 Å². The first-order valence-corrected chi connectivity index (χ1v) is 8.80. The Bertz CT molecular complexity index is 799. The number of aromatic nitrogens is 1.